The van der Waals surface area contributed by atoms with Gasteiger partial charge in [0.05, 0.1) is 5.60 Å². The molecule has 1 heterocycles. The van der Waals surface area contributed by atoms with Crippen LogP contribution in [0.5, 0.6) is 0 Å². The van der Waals surface area contributed by atoms with Crippen LogP contribution in [0.15, 0.2) is 0 Å². The van der Waals surface area contributed by atoms with Crippen molar-refractivity contribution in [3.05, 3.63) is 0 Å². The standard InChI is InChI=1S/C17H36N2O/c1-7-16(6)12-17(13-18,8-9-20-16)19(10-14(2)3)11-15(4)5/h14-15H,7-13,18H2,1-6H3. The average Bonchev–Trinajstić information content (AvgIpc) is 2.37. The molecule has 0 aliphatic carbocycles. The van der Waals surface area contributed by atoms with E-state index < -0.39 is 0 Å². The summed E-state index contributed by atoms with van der Waals surface area (Å²) >= 11 is 0. The van der Waals surface area contributed by atoms with Gasteiger partial charge in [0.2, 0.25) is 0 Å². The monoisotopic (exact) mass is 284 g/mol. The summed E-state index contributed by atoms with van der Waals surface area (Å²) in [4.78, 5) is 2.67. The molecule has 2 unspecified atom stereocenters. The van der Waals surface area contributed by atoms with E-state index in [2.05, 4.69) is 46.4 Å². The molecule has 0 saturated carbocycles. The first-order chi connectivity index (χ1) is 9.27. The van der Waals surface area contributed by atoms with Gasteiger partial charge in [-0.25, -0.2) is 0 Å². The van der Waals surface area contributed by atoms with Crippen molar-refractivity contribution in [3.63, 3.8) is 0 Å². The van der Waals surface area contributed by atoms with Crippen LogP contribution in [0.3, 0.4) is 0 Å². The summed E-state index contributed by atoms with van der Waals surface area (Å²) in [5.41, 5.74) is 6.38. The Bertz CT molecular complexity index is 283. The van der Waals surface area contributed by atoms with Crippen molar-refractivity contribution in [2.45, 2.75) is 71.9 Å². The molecule has 120 valence electrons. The first-order valence-corrected chi connectivity index (χ1v) is 8.36. The SMILES string of the molecule is CCC1(C)CC(CN)(N(CC(C)C)CC(C)C)CCO1. The van der Waals surface area contributed by atoms with Crippen LogP contribution in [-0.4, -0.2) is 42.3 Å². The van der Waals surface area contributed by atoms with Gasteiger partial charge in [-0.2, -0.15) is 0 Å². The van der Waals surface area contributed by atoms with E-state index in [1.807, 2.05) is 0 Å². The smallest absolute Gasteiger partial charge is 0.0670 e. The quantitative estimate of drug-likeness (QED) is 0.780. The molecular weight excluding hydrogens is 248 g/mol. The molecule has 20 heavy (non-hydrogen) atoms. The second-order valence-corrected chi connectivity index (χ2v) is 7.70. The van der Waals surface area contributed by atoms with E-state index in [0.717, 1.165) is 45.5 Å². The molecule has 0 aromatic carbocycles. The van der Waals surface area contributed by atoms with E-state index in [1.54, 1.807) is 0 Å². The van der Waals surface area contributed by atoms with E-state index in [0.29, 0.717) is 11.8 Å². The van der Waals surface area contributed by atoms with Gasteiger partial charge in [-0.1, -0.05) is 34.6 Å². The Labute approximate surface area is 126 Å². The zero-order chi connectivity index (χ0) is 15.4. The lowest BCUT2D eigenvalue weighted by atomic mass is 9.77. The van der Waals surface area contributed by atoms with E-state index in [-0.39, 0.29) is 11.1 Å². The molecule has 0 aromatic heterocycles. The minimum atomic E-state index is -0.0101. The molecule has 1 rings (SSSR count). The van der Waals surface area contributed by atoms with E-state index in [4.69, 9.17) is 10.5 Å². The highest BCUT2D eigenvalue weighted by Crippen LogP contribution is 2.38. The molecule has 1 aliphatic heterocycles. The predicted octanol–water partition coefficient (Wildman–Crippen LogP) is 3.28. The van der Waals surface area contributed by atoms with Gasteiger partial charge in [0.15, 0.2) is 0 Å². The summed E-state index contributed by atoms with van der Waals surface area (Å²) in [5.74, 6) is 1.35. The molecule has 0 bridgehead atoms. The predicted molar refractivity (Wildman–Crippen MR) is 86.9 cm³/mol. The average molecular weight is 284 g/mol. The van der Waals surface area contributed by atoms with E-state index in [9.17, 15) is 0 Å². The highest BCUT2D eigenvalue weighted by molar-refractivity contribution is 5.00. The van der Waals surface area contributed by atoms with Crippen LogP contribution in [0, 0.1) is 11.8 Å². The Kier molecular flexibility index (Phi) is 6.49. The Morgan fingerprint density at radius 2 is 1.70 bits per heavy atom. The molecule has 0 radical (unpaired) electrons. The number of nitrogens with two attached hydrogens (primary N) is 1. The maximum atomic E-state index is 6.27. The van der Waals surface area contributed by atoms with Crippen LogP contribution in [0.1, 0.15) is 60.8 Å². The molecule has 0 aromatic rings. The van der Waals surface area contributed by atoms with Crippen LogP contribution < -0.4 is 5.73 Å². The van der Waals surface area contributed by atoms with Crippen molar-refractivity contribution in [3.8, 4) is 0 Å². The summed E-state index contributed by atoms with van der Waals surface area (Å²) in [5, 5.41) is 0. The highest BCUT2D eigenvalue weighted by Gasteiger charge is 2.45. The fraction of sp³-hybridized carbons (Fsp3) is 1.00. The Morgan fingerprint density at radius 3 is 2.10 bits per heavy atom. The largest absolute Gasteiger partial charge is 0.375 e. The molecular formula is C17H36N2O. The third-order valence-electron chi connectivity index (χ3n) is 4.69. The first-order valence-electron chi connectivity index (χ1n) is 8.36. The van der Waals surface area contributed by atoms with Crippen molar-refractivity contribution in [1.29, 1.82) is 0 Å². The number of hydrogen-bond acceptors (Lipinski definition) is 3. The molecule has 1 aliphatic rings. The molecule has 2 atom stereocenters. The van der Waals surface area contributed by atoms with Gasteiger partial charge in [0.1, 0.15) is 0 Å². The number of rotatable bonds is 7. The van der Waals surface area contributed by atoms with Crippen LogP contribution in [0.2, 0.25) is 0 Å². The Morgan fingerprint density at radius 1 is 1.15 bits per heavy atom. The molecule has 2 N–H and O–H groups in total. The highest BCUT2D eigenvalue weighted by atomic mass is 16.5. The zero-order valence-electron chi connectivity index (χ0n) is 14.5. The molecule has 0 spiro atoms. The zero-order valence-corrected chi connectivity index (χ0v) is 14.5. The Balaban J connectivity index is 2.96. The summed E-state index contributed by atoms with van der Waals surface area (Å²) in [6, 6.07) is 0. The van der Waals surface area contributed by atoms with Gasteiger partial charge < -0.3 is 10.5 Å². The minimum Gasteiger partial charge on any atom is -0.375 e. The minimum absolute atomic E-state index is 0.0101. The number of hydrogen-bond donors (Lipinski definition) is 1. The summed E-state index contributed by atoms with van der Waals surface area (Å²) in [6.45, 7) is 17.5. The van der Waals surface area contributed by atoms with Crippen molar-refractivity contribution >= 4 is 0 Å². The molecule has 1 fully saturated rings. The van der Waals surface area contributed by atoms with Crippen molar-refractivity contribution in [2.75, 3.05) is 26.2 Å². The number of ether oxygens (including phenoxy) is 1. The molecule has 3 nitrogen and oxygen atoms in total. The van der Waals surface area contributed by atoms with Crippen LogP contribution >= 0.6 is 0 Å². The maximum absolute atomic E-state index is 6.27. The van der Waals surface area contributed by atoms with Gasteiger partial charge in [0, 0.05) is 31.8 Å². The second-order valence-electron chi connectivity index (χ2n) is 7.70. The summed E-state index contributed by atoms with van der Waals surface area (Å²) < 4.78 is 6.05. The fourth-order valence-electron chi connectivity index (χ4n) is 3.47. The molecule has 3 heteroatoms. The third kappa shape index (κ3) is 4.44. The van der Waals surface area contributed by atoms with Gasteiger partial charge >= 0.3 is 0 Å². The van der Waals surface area contributed by atoms with Gasteiger partial charge in [-0.05, 0) is 38.0 Å². The van der Waals surface area contributed by atoms with Crippen LogP contribution in [-0.2, 0) is 4.74 Å². The summed E-state index contributed by atoms with van der Waals surface area (Å²) in [7, 11) is 0. The van der Waals surface area contributed by atoms with Crippen molar-refractivity contribution < 1.29 is 4.74 Å². The van der Waals surface area contributed by atoms with Gasteiger partial charge in [-0.3, -0.25) is 4.90 Å². The van der Waals surface area contributed by atoms with E-state index in [1.165, 1.54) is 0 Å². The van der Waals surface area contributed by atoms with E-state index >= 15 is 0 Å². The molecule has 1 saturated heterocycles. The first kappa shape index (κ1) is 17.9. The second kappa shape index (κ2) is 7.24. The number of nitrogens with zero attached hydrogens (tertiary/aromatic N) is 1. The Hall–Kier alpha value is -0.120. The van der Waals surface area contributed by atoms with Crippen LogP contribution in [0.4, 0.5) is 0 Å². The molecule has 0 amide bonds. The topological polar surface area (TPSA) is 38.5 Å². The van der Waals surface area contributed by atoms with Crippen LogP contribution in [0.25, 0.3) is 0 Å². The lowest BCUT2D eigenvalue weighted by molar-refractivity contribution is -0.132. The fourth-order valence-corrected chi connectivity index (χ4v) is 3.47. The third-order valence-corrected chi connectivity index (χ3v) is 4.69. The lowest BCUT2D eigenvalue weighted by Crippen LogP contribution is -2.62. The lowest BCUT2D eigenvalue weighted by Gasteiger charge is -2.52. The van der Waals surface area contributed by atoms with Gasteiger partial charge in [0.25, 0.3) is 0 Å². The normalized spacial score (nSPS) is 31.5. The van der Waals surface area contributed by atoms with Crippen molar-refractivity contribution in [1.82, 2.24) is 4.90 Å². The summed E-state index contributed by atoms with van der Waals surface area (Å²) in [6.07, 6.45) is 3.19. The van der Waals surface area contributed by atoms with Crippen molar-refractivity contribution in [2.24, 2.45) is 17.6 Å². The maximum Gasteiger partial charge on any atom is 0.0670 e. The van der Waals surface area contributed by atoms with Gasteiger partial charge in [-0.15, -0.1) is 0 Å².